The van der Waals surface area contributed by atoms with Crippen LogP contribution < -0.4 is 22.5 Å². The molecular formula is C22H24N4O7. The van der Waals surface area contributed by atoms with E-state index in [9.17, 15) is 34.8 Å². The third-order valence-corrected chi connectivity index (χ3v) is 7.70. The van der Waals surface area contributed by atoms with Gasteiger partial charge in [0.05, 0.1) is 16.8 Å². The Morgan fingerprint density at radius 2 is 1.82 bits per heavy atom. The molecule has 1 aliphatic heterocycles. The molecule has 11 N–H and O–H groups in total. The largest absolute Gasteiger partial charge is 0.509 e. The van der Waals surface area contributed by atoms with E-state index >= 15 is 0 Å². The van der Waals surface area contributed by atoms with Gasteiger partial charge >= 0.3 is 0 Å². The summed E-state index contributed by atoms with van der Waals surface area (Å²) in [5.74, 6) is -7.13. The molecule has 5 rings (SSSR count). The lowest BCUT2D eigenvalue weighted by atomic mass is 9.53. The standard InChI is InChI=1S/C22H24N4O7/c23-9-6-10(24)15(27)13-8(9)4-7-5-11-21(2-1-3-26-21)17(29)14(20(25)32)19(31)22(11,33)18(30)12(7)16(13)28/h6-7,11,26-29,33H,1-5,23-24H2,(H2,25,32)/t7-,11-,21?,22-/m0/s1. The van der Waals surface area contributed by atoms with E-state index in [-0.39, 0.29) is 41.8 Å². The molecule has 33 heavy (non-hydrogen) atoms. The van der Waals surface area contributed by atoms with Crippen molar-refractivity contribution < 1.29 is 34.8 Å². The van der Waals surface area contributed by atoms with Crippen LogP contribution in [0.1, 0.15) is 30.4 Å². The van der Waals surface area contributed by atoms with E-state index in [4.69, 9.17) is 17.2 Å². The summed E-state index contributed by atoms with van der Waals surface area (Å²) in [4.78, 5) is 39.1. The van der Waals surface area contributed by atoms with Gasteiger partial charge in [-0.15, -0.1) is 0 Å². The van der Waals surface area contributed by atoms with Crippen molar-refractivity contribution >= 4 is 34.6 Å². The lowest BCUT2D eigenvalue weighted by molar-refractivity contribution is -0.163. The topological polar surface area (TPSA) is 222 Å². The fourth-order valence-electron chi connectivity index (χ4n) is 6.22. The third-order valence-electron chi connectivity index (χ3n) is 7.70. The molecule has 1 saturated carbocycles. The van der Waals surface area contributed by atoms with Gasteiger partial charge < -0.3 is 42.9 Å². The summed E-state index contributed by atoms with van der Waals surface area (Å²) < 4.78 is 0. The number of carbonyl (C=O) groups is 3. The molecule has 0 aromatic heterocycles. The number of aliphatic hydroxyl groups is 3. The second kappa shape index (κ2) is 6.49. The van der Waals surface area contributed by atoms with Gasteiger partial charge in [0.1, 0.15) is 22.8 Å². The summed E-state index contributed by atoms with van der Waals surface area (Å²) in [6.45, 7) is 0.423. The number of anilines is 2. The van der Waals surface area contributed by atoms with Crippen molar-refractivity contribution in [3.05, 3.63) is 34.1 Å². The highest BCUT2D eigenvalue weighted by Gasteiger charge is 2.69. The number of benzene rings is 1. The predicted octanol–water partition coefficient (Wildman–Crippen LogP) is -0.680. The molecule has 174 valence electrons. The Hall–Kier alpha value is -3.57. The number of aromatic hydroxyl groups is 1. The van der Waals surface area contributed by atoms with Crippen molar-refractivity contribution in [2.45, 2.75) is 36.8 Å². The molecule has 1 aromatic rings. The molecule has 11 nitrogen and oxygen atoms in total. The van der Waals surface area contributed by atoms with Gasteiger partial charge in [0, 0.05) is 17.2 Å². The first-order chi connectivity index (χ1) is 15.5. The minimum absolute atomic E-state index is 0.0144. The molecule has 3 aliphatic carbocycles. The third kappa shape index (κ3) is 2.38. The maximum Gasteiger partial charge on any atom is 0.255 e. The van der Waals surface area contributed by atoms with Crippen molar-refractivity contribution in [3.63, 3.8) is 0 Å². The highest BCUT2D eigenvalue weighted by Crippen LogP contribution is 2.56. The Morgan fingerprint density at radius 1 is 1.12 bits per heavy atom. The minimum Gasteiger partial charge on any atom is -0.509 e. The molecule has 1 amide bonds. The van der Waals surface area contributed by atoms with Gasteiger partial charge in [-0.2, -0.15) is 0 Å². The monoisotopic (exact) mass is 456 g/mol. The van der Waals surface area contributed by atoms with Crippen LogP contribution in [0.15, 0.2) is 23.0 Å². The number of aliphatic hydroxyl groups excluding tert-OH is 2. The molecule has 1 unspecified atom stereocenters. The zero-order valence-electron chi connectivity index (χ0n) is 17.5. The van der Waals surface area contributed by atoms with Crippen molar-refractivity contribution in [2.75, 3.05) is 18.0 Å². The van der Waals surface area contributed by atoms with Crippen LogP contribution in [0.2, 0.25) is 0 Å². The Bertz CT molecular complexity index is 1230. The molecule has 2 fully saturated rings. The van der Waals surface area contributed by atoms with Gasteiger partial charge in [-0.1, -0.05) is 0 Å². The van der Waals surface area contributed by atoms with Crippen LogP contribution in [0.25, 0.3) is 5.76 Å². The van der Waals surface area contributed by atoms with Crippen LogP contribution in [-0.2, 0) is 20.8 Å². The number of nitrogens with one attached hydrogen (secondary N) is 1. The van der Waals surface area contributed by atoms with Gasteiger partial charge in [0.25, 0.3) is 5.91 Å². The SMILES string of the molecule is NC(=O)C1=C(O)C2(CCCN2)[C@@H]2C[C@@H]3Cc4c(N)cc(N)c(O)c4C(O)=C3C(=O)[C@]2(O)C1=O. The van der Waals surface area contributed by atoms with Crippen molar-refractivity contribution in [1.29, 1.82) is 0 Å². The summed E-state index contributed by atoms with van der Waals surface area (Å²) in [6, 6.07) is 1.35. The van der Waals surface area contributed by atoms with Crippen LogP contribution in [0.5, 0.6) is 5.75 Å². The first-order valence-corrected chi connectivity index (χ1v) is 10.6. The van der Waals surface area contributed by atoms with Crippen molar-refractivity contribution in [2.24, 2.45) is 17.6 Å². The molecule has 11 heteroatoms. The number of primary amides is 1. The van der Waals surface area contributed by atoms with Crippen LogP contribution in [-0.4, -0.2) is 55.6 Å². The van der Waals surface area contributed by atoms with Crippen LogP contribution in [0, 0.1) is 11.8 Å². The van der Waals surface area contributed by atoms with Crippen LogP contribution >= 0.6 is 0 Å². The number of fused-ring (bicyclic) bond motifs is 4. The lowest BCUT2D eigenvalue weighted by Gasteiger charge is -2.53. The quantitative estimate of drug-likeness (QED) is 0.0874. The van der Waals surface area contributed by atoms with E-state index in [0.29, 0.717) is 18.5 Å². The molecule has 4 atom stereocenters. The lowest BCUT2D eigenvalue weighted by Crippen LogP contribution is -2.71. The van der Waals surface area contributed by atoms with Gasteiger partial charge in [-0.25, -0.2) is 0 Å². The normalized spacial score (nSPS) is 33.2. The Morgan fingerprint density at radius 3 is 2.42 bits per heavy atom. The summed E-state index contributed by atoms with van der Waals surface area (Å²) in [5.41, 5.74) is 12.3. The Kier molecular flexibility index (Phi) is 4.18. The number of hydrogen-bond donors (Lipinski definition) is 8. The fraction of sp³-hybridized carbons (Fsp3) is 0.409. The number of phenolic OH excluding ortho intramolecular Hbond substituents is 1. The average Bonchev–Trinajstić information content (AvgIpc) is 3.23. The van der Waals surface area contributed by atoms with Gasteiger partial charge in [-0.3, -0.25) is 14.4 Å². The Labute approximate surface area is 187 Å². The summed E-state index contributed by atoms with van der Waals surface area (Å²) in [6.07, 6.45) is 0.966. The maximum absolute atomic E-state index is 13.7. The van der Waals surface area contributed by atoms with E-state index < -0.39 is 63.3 Å². The number of nitrogens with two attached hydrogens (primary N) is 3. The molecule has 1 heterocycles. The molecule has 1 spiro atoms. The molecule has 4 aliphatic rings. The number of carbonyl (C=O) groups excluding carboxylic acids is 3. The van der Waals surface area contributed by atoms with Crippen LogP contribution in [0.3, 0.4) is 0 Å². The van der Waals surface area contributed by atoms with E-state index in [1.54, 1.807) is 0 Å². The molecular weight excluding hydrogens is 432 g/mol. The smallest absolute Gasteiger partial charge is 0.255 e. The summed E-state index contributed by atoms with van der Waals surface area (Å²) in [5, 5.41) is 47.2. The van der Waals surface area contributed by atoms with Crippen molar-refractivity contribution in [1.82, 2.24) is 5.32 Å². The number of hydrogen-bond acceptors (Lipinski definition) is 10. The number of phenols is 1. The van der Waals surface area contributed by atoms with Gasteiger partial charge in [0.2, 0.25) is 11.6 Å². The van der Waals surface area contributed by atoms with E-state index in [1.807, 2.05) is 0 Å². The molecule has 0 radical (unpaired) electrons. The zero-order valence-corrected chi connectivity index (χ0v) is 17.5. The first-order valence-electron chi connectivity index (χ1n) is 10.6. The number of rotatable bonds is 1. The van der Waals surface area contributed by atoms with Gasteiger partial charge in [0.15, 0.2) is 5.60 Å². The molecule has 1 aromatic carbocycles. The van der Waals surface area contributed by atoms with Crippen LogP contribution in [0.4, 0.5) is 11.4 Å². The summed E-state index contributed by atoms with van der Waals surface area (Å²) in [7, 11) is 0. The van der Waals surface area contributed by atoms with E-state index in [2.05, 4.69) is 5.32 Å². The number of nitrogen functional groups attached to an aromatic ring is 2. The average molecular weight is 456 g/mol. The fourth-order valence-corrected chi connectivity index (χ4v) is 6.22. The Balaban J connectivity index is 1.77. The number of Topliss-reactive ketones (excluding diaryl/α,β-unsaturated/α-hetero) is 2. The molecule has 0 bridgehead atoms. The second-order valence-electron chi connectivity index (χ2n) is 9.22. The second-order valence-corrected chi connectivity index (χ2v) is 9.22. The number of ketones is 2. The minimum atomic E-state index is -2.74. The maximum atomic E-state index is 13.7. The van der Waals surface area contributed by atoms with Gasteiger partial charge in [-0.05, 0) is 49.8 Å². The predicted molar refractivity (Wildman–Crippen MR) is 116 cm³/mol. The van der Waals surface area contributed by atoms with E-state index in [1.165, 1.54) is 6.07 Å². The highest BCUT2D eigenvalue weighted by atomic mass is 16.3. The summed E-state index contributed by atoms with van der Waals surface area (Å²) >= 11 is 0. The zero-order chi connectivity index (χ0) is 24.0. The number of amides is 1. The van der Waals surface area contributed by atoms with E-state index in [0.717, 1.165) is 0 Å². The van der Waals surface area contributed by atoms with Crippen molar-refractivity contribution in [3.8, 4) is 5.75 Å². The first kappa shape index (κ1) is 21.3. The molecule has 1 saturated heterocycles. The highest BCUT2D eigenvalue weighted by molar-refractivity contribution is 6.33.